The third-order valence-electron chi connectivity index (χ3n) is 3.87. The van der Waals surface area contributed by atoms with E-state index < -0.39 is 0 Å². The van der Waals surface area contributed by atoms with Crippen LogP contribution in [0.2, 0.25) is 0 Å². The SMILES string of the molecule is C[C@@H]1[C@H](C)CCC[C@@H]1NC(=O)CSc1n[nH]c(N)n1. The van der Waals surface area contributed by atoms with Gasteiger partial charge in [-0.3, -0.25) is 4.79 Å². The number of anilines is 1. The van der Waals surface area contributed by atoms with Gasteiger partial charge in [0, 0.05) is 6.04 Å². The van der Waals surface area contributed by atoms with Gasteiger partial charge in [-0.1, -0.05) is 38.5 Å². The monoisotopic (exact) mass is 283 g/mol. The smallest absolute Gasteiger partial charge is 0.230 e. The average molecular weight is 283 g/mol. The summed E-state index contributed by atoms with van der Waals surface area (Å²) in [6, 6.07) is 0.300. The molecule has 0 spiro atoms. The van der Waals surface area contributed by atoms with E-state index in [9.17, 15) is 4.79 Å². The molecule has 1 aromatic heterocycles. The quantitative estimate of drug-likeness (QED) is 0.726. The molecule has 0 bridgehead atoms. The second-order valence-electron chi connectivity index (χ2n) is 5.23. The number of nitrogen functional groups attached to an aromatic ring is 1. The van der Waals surface area contributed by atoms with Crippen molar-refractivity contribution in [2.75, 3.05) is 11.5 Å². The summed E-state index contributed by atoms with van der Waals surface area (Å²) in [6.07, 6.45) is 3.54. The highest BCUT2D eigenvalue weighted by atomic mass is 32.2. The predicted octanol–water partition coefficient (Wildman–Crippen LogP) is 1.42. The number of nitrogens with one attached hydrogen (secondary N) is 2. The highest BCUT2D eigenvalue weighted by Crippen LogP contribution is 2.29. The lowest BCUT2D eigenvalue weighted by molar-refractivity contribution is -0.120. The molecule has 0 radical (unpaired) electrons. The summed E-state index contributed by atoms with van der Waals surface area (Å²) in [7, 11) is 0. The first-order valence-electron chi connectivity index (χ1n) is 6.66. The van der Waals surface area contributed by atoms with Crippen LogP contribution in [0.4, 0.5) is 5.95 Å². The molecule has 0 saturated heterocycles. The van der Waals surface area contributed by atoms with Gasteiger partial charge in [-0.15, -0.1) is 5.10 Å². The number of nitrogens with two attached hydrogens (primary N) is 1. The van der Waals surface area contributed by atoms with Crippen LogP contribution in [0.25, 0.3) is 0 Å². The lowest BCUT2D eigenvalue weighted by Gasteiger charge is -2.34. The van der Waals surface area contributed by atoms with Crippen molar-refractivity contribution in [3.63, 3.8) is 0 Å². The first kappa shape index (κ1) is 14.2. The highest BCUT2D eigenvalue weighted by molar-refractivity contribution is 7.99. The number of carbonyl (C=O) groups is 1. The molecule has 1 heterocycles. The van der Waals surface area contributed by atoms with Crippen LogP contribution in [0.1, 0.15) is 33.1 Å². The van der Waals surface area contributed by atoms with Gasteiger partial charge in [-0.05, 0) is 18.3 Å². The Kier molecular flexibility index (Phi) is 4.68. The van der Waals surface area contributed by atoms with Gasteiger partial charge in [0.2, 0.25) is 17.0 Å². The standard InChI is InChI=1S/C12H21N5OS/c1-7-4-3-5-9(8(7)2)14-10(18)6-19-12-15-11(13)16-17-12/h7-9H,3-6H2,1-2H3,(H,14,18)(H3,13,15,16,17)/t7-,8-,9+/m1/s1. The Morgan fingerprint density at radius 2 is 2.32 bits per heavy atom. The Hall–Kier alpha value is -1.24. The Balaban J connectivity index is 1.77. The summed E-state index contributed by atoms with van der Waals surface area (Å²) < 4.78 is 0. The van der Waals surface area contributed by atoms with Gasteiger partial charge in [0.15, 0.2) is 0 Å². The van der Waals surface area contributed by atoms with Crippen LogP contribution in [0.3, 0.4) is 0 Å². The van der Waals surface area contributed by atoms with Crippen molar-refractivity contribution >= 4 is 23.6 Å². The number of nitrogens with zero attached hydrogens (tertiary/aromatic N) is 2. The minimum Gasteiger partial charge on any atom is -0.368 e. The maximum atomic E-state index is 11.9. The van der Waals surface area contributed by atoms with Crippen LogP contribution in [-0.2, 0) is 4.79 Å². The van der Waals surface area contributed by atoms with E-state index in [0.717, 1.165) is 6.42 Å². The number of H-pyrrole nitrogens is 1. The second kappa shape index (κ2) is 6.27. The van der Waals surface area contributed by atoms with Crippen molar-refractivity contribution in [3.05, 3.63) is 0 Å². The molecule has 1 aliphatic carbocycles. The number of carbonyl (C=O) groups excluding carboxylic acids is 1. The number of aromatic amines is 1. The van der Waals surface area contributed by atoms with E-state index in [0.29, 0.717) is 28.8 Å². The minimum absolute atomic E-state index is 0.0410. The van der Waals surface area contributed by atoms with Crippen LogP contribution < -0.4 is 11.1 Å². The molecule has 19 heavy (non-hydrogen) atoms. The molecular formula is C12H21N5OS. The summed E-state index contributed by atoms with van der Waals surface area (Å²) in [4.78, 5) is 15.9. The fraction of sp³-hybridized carbons (Fsp3) is 0.750. The zero-order valence-electron chi connectivity index (χ0n) is 11.3. The normalized spacial score (nSPS) is 27.2. The Bertz CT molecular complexity index is 436. The molecule has 3 atom stereocenters. The van der Waals surface area contributed by atoms with E-state index in [2.05, 4.69) is 34.3 Å². The van der Waals surface area contributed by atoms with E-state index in [1.165, 1.54) is 24.6 Å². The number of rotatable bonds is 4. The number of thioether (sulfide) groups is 1. The fourth-order valence-corrected chi connectivity index (χ4v) is 3.10. The molecule has 2 rings (SSSR count). The van der Waals surface area contributed by atoms with E-state index in [1.54, 1.807) is 0 Å². The highest BCUT2D eigenvalue weighted by Gasteiger charge is 2.28. The van der Waals surface area contributed by atoms with Crippen LogP contribution >= 0.6 is 11.8 Å². The molecule has 0 aliphatic heterocycles. The first-order chi connectivity index (χ1) is 9.06. The maximum Gasteiger partial charge on any atom is 0.230 e. The molecule has 1 fully saturated rings. The Morgan fingerprint density at radius 3 is 3.00 bits per heavy atom. The van der Waals surface area contributed by atoms with E-state index in [4.69, 9.17) is 5.73 Å². The van der Waals surface area contributed by atoms with Gasteiger partial charge in [0.1, 0.15) is 0 Å². The summed E-state index contributed by atoms with van der Waals surface area (Å²) in [6.45, 7) is 4.48. The van der Waals surface area contributed by atoms with Crippen molar-refractivity contribution in [2.24, 2.45) is 11.8 Å². The maximum absolute atomic E-state index is 11.9. The molecule has 0 aromatic carbocycles. The van der Waals surface area contributed by atoms with E-state index in [-0.39, 0.29) is 11.9 Å². The molecule has 1 saturated carbocycles. The molecule has 7 heteroatoms. The summed E-state index contributed by atoms with van der Waals surface area (Å²) in [5.41, 5.74) is 5.42. The zero-order chi connectivity index (χ0) is 13.8. The summed E-state index contributed by atoms with van der Waals surface area (Å²) in [5, 5.41) is 10.1. The van der Waals surface area contributed by atoms with Crippen LogP contribution in [0, 0.1) is 11.8 Å². The molecule has 1 amide bonds. The van der Waals surface area contributed by atoms with Gasteiger partial charge < -0.3 is 11.1 Å². The lowest BCUT2D eigenvalue weighted by atomic mass is 9.78. The second-order valence-corrected chi connectivity index (χ2v) is 6.18. The van der Waals surface area contributed by atoms with Gasteiger partial charge in [0.25, 0.3) is 0 Å². The molecule has 0 unspecified atom stereocenters. The van der Waals surface area contributed by atoms with Crippen molar-refractivity contribution in [1.82, 2.24) is 20.5 Å². The Morgan fingerprint density at radius 1 is 1.53 bits per heavy atom. The molecule has 4 N–H and O–H groups in total. The van der Waals surface area contributed by atoms with E-state index >= 15 is 0 Å². The molecule has 1 aliphatic rings. The van der Waals surface area contributed by atoms with Crippen molar-refractivity contribution in [1.29, 1.82) is 0 Å². The molecule has 1 aromatic rings. The average Bonchev–Trinajstić information content (AvgIpc) is 2.78. The van der Waals surface area contributed by atoms with Gasteiger partial charge in [-0.2, -0.15) is 4.98 Å². The van der Waals surface area contributed by atoms with Crippen LogP contribution in [0.15, 0.2) is 5.16 Å². The third kappa shape index (κ3) is 3.86. The van der Waals surface area contributed by atoms with Gasteiger partial charge >= 0.3 is 0 Å². The predicted molar refractivity (Wildman–Crippen MR) is 75.6 cm³/mol. The molecule has 6 nitrogen and oxygen atoms in total. The fourth-order valence-electron chi connectivity index (χ4n) is 2.49. The van der Waals surface area contributed by atoms with E-state index in [1.807, 2.05) is 0 Å². The Labute approximate surface area is 117 Å². The molecular weight excluding hydrogens is 262 g/mol. The number of hydrogen-bond acceptors (Lipinski definition) is 5. The number of amides is 1. The number of hydrogen-bond donors (Lipinski definition) is 3. The zero-order valence-corrected chi connectivity index (χ0v) is 12.2. The lowest BCUT2D eigenvalue weighted by Crippen LogP contribution is -2.44. The van der Waals surface area contributed by atoms with Gasteiger partial charge in [-0.25, -0.2) is 5.10 Å². The van der Waals surface area contributed by atoms with Gasteiger partial charge in [0.05, 0.1) is 5.75 Å². The van der Waals surface area contributed by atoms with Crippen molar-refractivity contribution in [3.8, 4) is 0 Å². The van der Waals surface area contributed by atoms with Crippen LogP contribution in [0.5, 0.6) is 0 Å². The topological polar surface area (TPSA) is 96.7 Å². The molecule has 106 valence electrons. The van der Waals surface area contributed by atoms with Crippen molar-refractivity contribution < 1.29 is 4.79 Å². The first-order valence-corrected chi connectivity index (χ1v) is 7.65. The summed E-state index contributed by atoms with van der Waals surface area (Å²) >= 11 is 1.29. The largest absolute Gasteiger partial charge is 0.368 e. The van der Waals surface area contributed by atoms with Crippen molar-refractivity contribution in [2.45, 2.75) is 44.3 Å². The minimum atomic E-state index is 0.0410. The van der Waals surface area contributed by atoms with Crippen LogP contribution in [-0.4, -0.2) is 32.9 Å². The number of aromatic nitrogens is 3. The third-order valence-corrected chi connectivity index (χ3v) is 4.72. The summed E-state index contributed by atoms with van der Waals surface area (Å²) in [5.74, 6) is 1.87.